The molecule has 0 radical (unpaired) electrons. The highest BCUT2D eigenvalue weighted by atomic mass is 16.6. The van der Waals surface area contributed by atoms with E-state index < -0.39 is 0 Å². The van der Waals surface area contributed by atoms with Crippen molar-refractivity contribution in [2.24, 2.45) is 0 Å². The maximum absolute atomic E-state index is 10.0. The average molecular weight is 248 g/mol. The van der Waals surface area contributed by atoms with E-state index in [-0.39, 0.29) is 18.3 Å². The van der Waals surface area contributed by atoms with Crippen molar-refractivity contribution in [1.29, 1.82) is 0 Å². The fourth-order valence-electron chi connectivity index (χ4n) is 2.83. The van der Waals surface area contributed by atoms with Gasteiger partial charge in [-0.2, -0.15) is 0 Å². The van der Waals surface area contributed by atoms with Gasteiger partial charge in [-0.15, -0.1) is 0 Å². The molecule has 0 aromatic heterocycles. The van der Waals surface area contributed by atoms with E-state index in [9.17, 15) is 5.11 Å². The lowest BCUT2D eigenvalue weighted by atomic mass is 9.81. The Labute approximate surface area is 108 Å². The van der Waals surface area contributed by atoms with Crippen molar-refractivity contribution in [3.63, 3.8) is 0 Å². The predicted octanol–water partition coefficient (Wildman–Crippen LogP) is 2.10. The summed E-state index contributed by atoms with van der Waals surface area (Å²) in [4.78, 5) is 0. The van der Waals surface area contributed by atoms with Crippen LogP contribution in [0.3, 0.4) is 0 Å². The summed E-state index contributed by atoms with van der Waals surface area (Å²) in [5.74, 6) is 0.514. The van der Waals surface area contributed by atoms with Crippen LogP contribution in [-0.4, -0.2) is 36.6 Å². The molecule has 2 aliphatic rings. The third-order valence-corrected chi connectivity index (χ3v) is 4.00. The van der Waals surface area contributed by atoms with Crippen molar-refractivity contribution in [3.05, 3.63) is 35.9 Å². The first kappa shape index (κ1) is 12.2. The normalized spacial score (nSPS) is 33.1. The molecule has 1 aliphatic heterocycles. The van der Waals surface area contributed by atoms with Gasteiger partial charge < -0.3 is 14.6 Å². The fraction of sp³-hybridized carbons (Fsp3) is 0.600. The van der Waals surface area contributed by atoms with Gasteiger partial charge in [0.25, 0.3) is 0 Å². The minimum atomic E-state index is -0.314. The Balaban J connectivity index is 1.64. The smallest absolute Gasteiger partial charge is 0.105 e. The molecule has 3 unspecified atom stereocenters. The van der Waals surface area contributed by atoms with Gasteiger partial charge in [0.2, 0.25) is 0 Å². The third-order valence-electron chi connectivity index (χ3n) is 4.00. The lowest BCUT2D eigenvalue weighted by Gasteiger charge is -2.38. The zero-order valence-electron chi connectivity index (χ0n) is 10.5. The Morgan fingerprint density at radius 1 is 1.11 bits per heavy atom. The van der Waals surface area contributed by atoms with Gasteiger partial charge in [0.05, 0.1) is 25.4 Å². The highest BCUT2D eigenvalue weighted by molar-refractivity contribution is 5.20. The maximum atomic E-state index is 10.0. The molecule has 1 aromatic carbocycles. The summed E-state index contributed by atoms with van der Waals surface area (Å²) in [6, 6.07) is 10.5. The van der Waals surface area contributed by atoms with Gasteiger partial charge >= 0.3 is 0 Å². The van der Waals surface area contributed by atoms with E-state index >= 15 is 0 Å². The van der Waals surface area contributed by atoms with Crippen LogP contribution in [0.1, 0.15) is 30.7 Å². The molecule has 3 atom stereocenters. The number of benzene rings is 1. The predicted molar refractivity (Wildman–Crippen MR) is 68.5 cm³/mol. The van der Waals surface area contributed by atoms with Crippen molar-refractivity contribution < 1.29 is 14.6 Å². The van der Waals surface area contributed by atoms with E-state index in [0.717, 1.165) is 19.3 Å². The highest BCUT2D eigenvalue weighted by Crippen LogP contribution is 2.35. The average Bonchev–Trinajstić information content (AvgIpc) is 2.37. The first-order chi connectivity index (χ1) is 8.83. The van der Waals surface area contributed by atoms with Gasteiger partial charge in [0.1, 0.15) is 6.10 Å². The summed E-state index contributed by atoms with van der Waals surface area (Å²) in [6.45, 7) is 1.36. The molecule has 3 heteroatoms. The van der Waals surface area contributed by atoms with E-state index in [1.807, 2.05) is 6.07 Å². The number of rotatable bonds is 3. The molecule has 18 heavy (non-hydrogen) atoms. The summed E-state index contributed by atoms with van der Waals surface area (Å²) < 4.78 is 11.0. The van der Waals surface area contributed by atoms with Crippen LogP contribution in [0.4, 0.5) is 0 Å². The van der Waals surface area contributed by atoms with E-state index in [1.54, 1.807) is 0 Å². The van der Waals surface area contributed by atoms with Gasteiger partial charge in [-0.05, 0) is 30.7 Å². The molecule has 1 N–H and O–H groups in total. The molecule has 0 spiro atoms. The second-order valence-corrected chi connectivity index (χ2v) is 5.32. The summed E-state index contributed by atoms with van der Waals surface area (Å²) >= 11 is 0. The molecular weight excluding hydrogens is 228 g/mol. The van der Waals surface area contributed by atoms with Gasteiger partial charge in [-0.3, -0.25) is 0 Å². The molecular formula is C15H20O3. The van der Waals surface area contributed by atoms with Crippen LogP contribution in [0.25, 0.3) is 0 Å². The van der Waals surface area contributed by atoms with Crippen molar-refractivity contribution in [3.8, 4) is 0 Å². The lowest BCUT2D eigenvalue weighted by molar-refractivity contribution is -0.183. The minimum Gasteiger partial charge on any atom is -0.390 e. The first-order valence-corrected chi connectivity index (χ1v) is 6.79. The zero-order chi connectivity index (χ0) is 12.4. The van der Waals surface area contributed by atoms with Crippen molar-refractivity contribution in [2.75, 3.05) is 13.2 Å². The summed E-state index contributed by atoms with van der Waals surface area (Å²) in [6.07, 6.45) is 2.65. The van der Waals surface area contributed by atoms with Crippen LogP contribution < -0.4 is 0 Å². The fourth-order valence-corrected chi connectivity index (χ4v) is 2.83. The van der Waals surface area contributed by atoms with E-state index in [4.69, 9.17) is 9.47 Å². The maximum Gasteiger partial charge on any atom is 0.105 e. The first-order valence-electron chi connectivity index (χ1n) is 6.79. The van der Waals surface area contributed by atoms with Gasteiger partial charge in [-0.25, -0.2) is 0 Å². The Bertz CT molecular complexity index is 375. The Morgan fingerprint density at radius 2 is 1.89 bits per heavy atom. The molecule has 0 bridgehead atoms. The molecule has 3 nitrogen and oxygen atoms in total. The van der Waals surface area contributed by atoms with Crippen LogP contribution >= 0.6 is 0 Å². The Hall–Kier alpha value is -0.900. The van der Waals surface area contributed by atoms with Crippen LogP contribution in [0, 0.1) is 0 Å². The number of aliphatic hydroxyl groups is 1. The van der Waals surface area contributed by atoms with E-state index in [2.05, 4.69) is 24.3 Å². The molecule has 0 amide bonds. The molecule has 3 rings (SSSR count). The Kier molecular flexibility index (Phi) is 3.64. The largest absolute Gasteiger partial charge is 0.390 e. The topological polar surface area (TPSA) is 38.7 Å². The van der Waals surface area contributed by atoms with Gasteiger partial charge in [0, 0.05) is 0 Å². The summed E-state index contributed by atoms with van der Waals surface area (Å²) in [5, 5.41) is 10.0. The lowest BCUT2D eigenvalue weighted by Crippen LogP contribution is -2.44. The molecule has 98 valence electrons. The second-order valence-electron chi connectivity index (χ2n) is 5.32. The third kappa shape index (κ3) is 2.58. The van der Waals surface area contributed by atoms with Crippen LogP contribution in [0.2, 0.25) is 0 Å². The molecule has 1 aromatic rings. The SMILES string of the molecule is OC1CCC(c2ccccc2)CC1OC1COC1. The molecule has 1 aliphatic carbocycles. The van der Waals surface area contributed by atoms with E-state index in [0.29, 0.717) is 19.1 Å². The summed E-state index contributed by atoms with van der Waals surface area (Å²) in [7, 11) is 0. The number of hydrogen-bond acceptors (Lipinski definition) is 3. The van der Waals surface area contributed by atoms with Crippen LogP contribution in [-0.2, 0) is 9.47 Å². The van der Waals surface area contributed by atoms with Crippen molar-refractivity contribution in [2.45, 2.75) is 43.5 Å². The number of ether oxygens (including phenoxy) is 2. The second kappa shape index (κ2) is 5.39. The highest BCUT2D eigenvalue weighted by Gasteiger charge is 2.34. The monoisotopic (exact) mass is 248 g/mol. The van der Waals surface area contributed by atoms with Gasteiger partial charge in [-0.1, -0.05) is 30.3 Å². The van der Waals surface area contributed by atoms with Crippen LogP contribution in [0.15, 0.2) is 30.3 Å². The molecule has 1 saturated carbocycles. The Morgan fingerprint density at radius 3 is 2.56 bits per heavy atom. The van der Waals surface area contributed by atoms with Crippen LogP contribution in [0.5, 0.6) is 0 Å². The van der Waals surface area contributed by atoms with Gasteiger partial charge in [0.15, 0.2) is 0 Å². The quantitative estimate of drug-likeness (QED) is 0.890. The number of hydrogen-bond donors (Lipinski definition) is 1. The van der Waals surface area contributed by atoms with Crippen molar-refractivity contribution >= 4 is 0 Å². The number of aliphatic hydroxyl groups excluding tert-OH is 1. The molecule has 1 heterocycles. The standard InChI is InChI=1S/C15H20O3/c16-14-7-6-12(11-4-2-1-3-5-11)8-15(14)18-13-9-17-10-13/h1-5,12-16H,6-10H2. The minimum absolute atomic E-state index is 0.0298. The summed E-state index contributed by atoms with van der Waals surface area (Å²) in [5.41, 5.74) is 1.36. The van der Waals surface area contributed by atoms with E-state index in [1.165, 1.54) is 5.56 Å². The zero-order valence-corrected chi connectivity index (χ0v) is 10.5. The molecule has 2 fully saturated rings. The molecule has 1 saturated heterocycles. The van der Waals surface area contributed by atoms with Crippen molar-refractivity contribution in [1.82, 2.24) is 0 Å².